The van der Waals surface area contributed by atoms with Crippen LogP contribution >= 0.6 is 12.4 Å². The number of methoxy groups -OCH3 is 1. The summed E-state index contributed by atoms with van der Waals surface area (Å²) in [5.41, 5.74) is 0.693. The first-order valence-corrected chi connectivity index (χ1v) is 5.87. The third-order valence-corrected chi connectivity index (χ3v) is 2.97. The van der Waals surface area contributed by atoms with E-state index in [1.165, 1.54) is 0 Å². The molecule has 18 heavy (non-hydrogen) atoms. The van der Waals surface area contributed by atoms with Gasteiger partial charge in [-0.15, -0.1) is 12.4 Å². The fourth-order valence-corrected chi connectivity index (χ4v) is 2.06. The SMILES string of the molecule is COc1cccc(C(=O)N2CCN[C@@H](C)C2)c1.Cl. The summed E-state index contributed by atoms with van der Waals surface area (Å²) in [6, 6.07) is 7.67. The molecule has 0 spiro atoms. The molecule has 100 valence electrons. The minimum Gasteiger partial charge on any atom is -0.497 e. The molecule has 0 bridgehead atoms. The number of benzene rings is 1. The summed E-state index contributed by atoms with van der Waals surface area (Å²) in [4.78, 5) is 14.1. The molecule has 1 aliphatic heterocycles. The number of carbonyl (C=O) groups excluding carboxylic acids is 1. The predicted molar refractivity (Wildman–Crippen MR) is 73.6 cm³/mol. The van der Waals surface area contributed by atoms with Crippen LogP contribution in [0.15, 0.2) is 24.3 Å². The zero-order valence-corrected chi connectivity index (χ0v) is 11.5. The minimum atomic E-state index is 0. The third kappa shape index (κ3) is 3.37. The Bertz CT molecular complexity index is 412. The first-order valence-electron chi connectivity index (χ1n) is 5.87. The molecule has 1 aromatic rings. The summed E-state index contributed by atoms with van der Waals surface area (Å²) in [6.07, 6.45) is 0. The summed E-state index contributed by atoms with van der Waals surface area (Å²) in [6.45, 7) is 4.47. The van der Waals surface area contributed by atoms with Gasteiger partial charge in [0.1, 0.15) is 5.75 Å². The fourth-order valence-electron chi connectivity index (χ4n) is 2.06. The van der Waals surface area contributed by atoms with Crippen LogP contribution in [0.4, 0.5) is 0 Å². The zero-order valence-electron chi connectivity index (χ0n) is 10.7. The lowest BCUT2D eigenvalue weighted by molar-refractivity contribution is 0.0708. The number of carbonyl (C=O) groups is 1. The molecule has 5 heteroatoms. The van der Waals surface area contributed by atoms with Crippen molar-refractivity contribution >= 4 is 18.3 Å². The highest BCUT2D eigenvalue weighted by Gasteiger charge is 2.21. The van der Waals surface area contributed by atoms with Crippen LogP contribution in [0.25, 0.3) is 0 Å². The van der Waals surface area contributed by atoms with Crippen LogP contribution in [0.2, 0.25) is 0 Å². The third-order valence-electron chi connectivity index (χ3n) is 2.97. The van der Waals surface area contributed by atoms with Gasteiger partial charge >= 0.3 is 0 Å². The summed E-state index contributed by atoms with van der Waals surface area (Å²) in [7, 11) is 1.61. The Morgan fingerprint density at radius 2 is 2.28 bits per heavy atom. The Labute approximate surface area is 114 Å². The number of amides is 1. The van der Waals surface area contributed by atoms with Gasteiger partial charge in [0.25, 0.3) is 5.91 Å². The molecule has 1 fully saturated rings. The van der Waals surface area contributed by atoms with Crippen LogP contribution in [0.5, 0.6) is 5.75 Å². The van der Waals surface area contributed by atoms with Crippen molar-refractivity contribution in [3.05, 3.63) is 29.8 Å². The Balaban J connectivity index is 0.00000162. The Morgan fingerprint density at radius 1 is 1.50 bits per heavy atom. The molecule has 1 N–H and O–H groups in total. The Morgan fingerprint density at radius 3 is 2.94 bits per heavy atom. The van der Waals surface area contributed by atoms with E-state index >= 15 is 0 Å². The normalized spacial score (nSPS) is 19.0. The van der Waals surface area contributed by atoms with E-state index < -0.39 is 0 Å². The molecule has 0 aliphatic carbocycles. The fraction of sp³-hybridized carbons (Fsp3) is 0.462. The van der Waals surface area contributed by atoms with E-state index in [1.807, 2.05) is 23.1 Å². The molecule has 0 aromatic heterocycles. The summed E-state index contributed by atoms with van der Waals surface area (Å²) < 4.78 is 5.13. The lowest BCUT2D eigenvalue weighted by Crippen LogP contribution is -2.51. The van der Waals surface area contributed by atoms with Crippen LogP contribution in [0, 0.1) is 0 Å². The molecular weight excluding hydrogens is 252 g/mol. The van der Waals surface area contributed by atoms with Crippen molar-refractivity contribution < 1.29 is 9.53 Å². The van der Waals surface area contributed by atoms with Gasteiger partial charge in [-0.25, -0.2) is 0 Å². The number of hydrogen-bond donors (Lipinski definition) is 1. The molecule has 0 radical (unpaired) electrons. The number of nitrogens with zero attached hydrogens (tertiary/aromatic N) is 1. The summed E-state index contributed by atoms with van der Waals surface area (Å²) in [5.74, 6) is 0.802. The Kier molecular flexibility index (Phi) is 5.44. The number of ether oxygens (including phenoxy) is 1. The number of nitrogens with one attached hydrogen (secondary N) is 1. The molecule has 4 nitrogen and oxygen atoms in total. The minimum absolute atomic E-state index is 0. The van der Waals surface area contributed by atoms with Gasteiger partial charge in [-0.1, -0.05) is 6.07 Å². The van der Waals surface area contributed by atoms with E-state index in [9.17, 15) is 4.79 Å². The second-order valence-electron chi connectivity index (χ2n) is 4.34. The average molecular weight is 271 g/mol. The van der Waals surface area contributed by atoms with Crippen LogP contribution < -0.4 is 10.1 Å². The molecule has 0 unspecified atom stereocenters. The predicted octanol–water partition coefficient (Wildman–Crippen LogP) is 1.55. The van der Waals surface area contributed by atoms with E-state index in [0.717, 1.165) is 25.4 Å². The van der Waals surface area contributed by atoms with Gasteiger partial charge in [-0.05, 0) is 25.1 Å². The van der Waals surface area contributed by atoms with Crippen LogP contribution in [-0.4, -0.2) is 43.6 Å². The van der Waals surface area contributed by atoms with Crippen molar-refractivity contribution in [3.63, 3.8) is 0 Å². The van der Waals surface area contributed by atoms with Crippen molar-refractivity contribution in [2.24, 2.45) is 0 Å². The number of hydrogen-bond acceptors (Lipinski definition) is 3. The van der Waals surface area contributed by atoms with Gasteiger partial charge < -0.3 is 15.0 Å². The number of rotatable bonds is 2. The van der Waals surface area contributed by atoms with E-state index in [0.29, 0.717) is 11.6 Å². The average Bonchev–Trinajstić information content (AvgIpc) is 2.38. The van der Waals surface area contributed by atoms with Crippen molar-refractivity contribution in [1.29, 1.82) is 0 Å². The molecule has 1 saturated heterocycles. The quantitative estimate of drug-likeness (QED) is 0.887. The molecule has 1 heterocycles. The van der Waals surface area contributed by atoms with Gasteiger partial charge in [-0.2, -0.15) is 0 Å². The second kappa shape index (κ2) is 6.61. The first kappa shape index (κ1) is 14.8. The van der Waals surface area contributed by atoms with Crippen molar-refractivity contribution in [2.45, 2.75) is 13.0 Å². The molecule has 0 saturated carbocycles. The maximum Gasteiger partial charge on any atom is 0.254 e. The van der Waals surface area contributed by atoms with Gasteiger partial charge in [0.2, 0.25) is 0 Å². The highest BCUT2D eigenvalue weighted by atomic mass is 35.5. The van der Waals surface area contributed by atoms with E-state index in [-0.39, 0.29) is 18.3 Å². The molecule has 2 rings (SSSR count). The van der Waals surface area contributed by atoms with Gasteiger partial charge in [-0.3, -0.25) is 4.79 Å². The smallest absolute Gasteiger partial charge is 0.254 e. The zero-order chi connectivity index (χ0) is 12.3. The van der Waals surface area contributed by atoms with Gasteiger partial charge in [0, 0.05) is 31.2 Å². The van der Waals surface area contributed by atoms with Gasteiger partial charge in [0.05, 0.1) is 7.11 Å². The first-order chi connectivity index (χ1) is 8.20. The molecular formula is C13H19ClN2O2. The van der Waals surface area contributed by atoms with Crippen molar-refractivity contribution in [1.82, 2.24) is 10.2 Å². The van der Waals surface area contributed by atoms with Crippen LogP contribution in [0.1, 0.15) is 17.3 Å². The second-order valence-corrected chi connectivity index (χ2v) is 4.34. The highest BCUT2D eigenvalue weighted by Crippen LogP contribution is 2.15. The lowest BCUT2D eigenvalue weighted by atomic mass is 10.1. The maximum atomic E-state index is 12.3. The molecule has 1 aromatic carbocycles. The maximum absolute atomic E-state index is 12.3. The Hall–Kier alpha value is -1.26. The molecule has 1 atom stereocenters. The number of halogens is 1. The molecule has 1 amide bonds. The van der Waals surface area contributed by atoms with Crippen molar-refractivity contribution in [3.8, 4) is 5.75 Å². The van der Waals surface area contributed by atoms with Crippen molar-refractivity contribution in [2.75, 3.05) is 26.7 Å². The lowest BCUT2D eigenvalue weighted by Gasteiger charge is -2.32. The monoisotopic (exact) mass is 270 g/mol. The van der Waals surface area contributed by atoms with Crippen LogP contribution in [-0.2, 0) is 0 Å². The van der Waals surface area contributed by atoms with Crippen LogP contribution in [0.3, 0.4) is 0 Å². The molecule has 1 aliphatic rings. The summed E-state index contributed by atoms with van der Waals surface area (Å²) >= 11 is 0. The van der Waals surface area contributed by atoms with E-state index in [1.54, 1.807) is 13.2 Å². The summed E-state index contributed by atoms with van der Waals surface area (Å²) in [5, 5.41) is 3.32. The topological polar surface area (TPSA) is 41.6 Å². The largest absolute Gasteiger partial charge is 0.497 e. The number of piperazine rings is 1. The van der Waals surface area contributed by atoms with E-state index in [2.05, 4.69) is 12.2 Å². The van der Waals surface area contributed by atoms with Gasteiger partial charge in [0.15, 0.2) is 0 Å². The standard InChI is InChI=1S/C13H18N2O2.ClH/c1-10-9-15(7-6-14-10)13(16)11-4-3-5-12(8-11)17-2;/h3-5,8,10,14H,6-7,9H2,1-2H3;1H/t10-;/m0./s1. The highest BCUT2D eigenvalue weighted by molar-refractivity contribution is 5.94. The van der Waals surface area contributed by atoms with E-state index in [4.69, 9.17) is 4.74 Å².